The number of nitro benzene ring substituents is 1. The Hall–Kier alpha value is -3.03. The van der Waals surface area contributed by atoms with Crippen molar-refractivity contribution in [1.29, 1.82) is 0 Å². The molecule has 1 heterocycles. The van der Waals surface area contributed by atoms with Crippen molar-refractivity contribution in [2.75, 3.05) is 0 Å². The molecule has 0 radical (unpaired) electrons. The number of amides is 1. The molecule has 2 aromatic rings. The predicted molar refractivity (Wildman–Crippen MR) is 65.9 cm³/mol. The fourth-order valence-corrected chi connectivity index (χ4v) is 1.46. The van der Waals surface area contributed by atoms with Crippen molar-refractivity contribution in [1.82, 2.24) is 4.98 Å². The van der Waals surface area contributed by atoms with Gasteiger partial charge in [0.2, 0.25) is 11.7 Å². The van der Waals surface area contributed by atoms with Gasteiger partial charge in [-0.1, -0.05) is 0 Å². The Morgan fingerprint density at radius 1 is 1.35 bits per heavy atom. The number of hydrogen-bond donors (Lipinski definition) is 1. The molecule has 0 saturated heterocycles. The minimum absolute atomic E-state index is 0.0796. The van der Waals surface area contributed by atoms with E-state index in [1.807, 2.05) is 0 Å². The Morgan fingerprint density at radius 2 is 2.10 bits per heavy atom. The Balaban J connectivity index is 2.37. The highest BCUT2D eigenvalue weighted by Gasteiger charge is 2.17. The van der Waals surface area contributed by atoms with Gasteiger partial charge in [-0.05, 0) is 18.2 Å². The largest absolute Gasteiger partial charge is 0.448 e. The number of halogens is 1. The molecule has 2 rings (SSSR count). The molecule has 0 bridgehead atoms. The second-order valence-electron chi connectivity index (χ2n) is 3.74. The van der Waals surface area contributed by atoms with Crippen LogP contribution < -0.4 is 10.5 Å². The van der Waals surface area contributed by atoms with Gasteiger partial charge in [-0.15, -0.1) is 0 Å². The first-order chi connectivity index (χ1) is 9.47. The quantitative estimate of drug-likeness (QED) is 0.679. The molecular formula is C12H8FN3O4. The topological polar surface area (TPSA) is 108 Å². The maximum atomic E-state index is 13.0. The number of primary amides is 1. The number of nitro groups is 1. The van der Waals surface area contributed by atoms with E-state index in [0.29, 0.717) is 0 Å². The number of hydrogen-bond acceptors (Lipinski definition) is 5. The number of pyridine rings is 1. The lowest BCUT2D eigenvalue weighted by Crippen LogP contribution is -2.11. The highest BCUT2D eigenvalue weighted by atomic mass is 19.1. The van der Waals surface area contributed by atoms with Gasteiger partial charge >= 0.3 is 5.69 Å². The van der Waals surface area contributed by atoms with Gasteiger partial charge in [0, 0.05) is 6.20 Å². The van der Waals surface area contributed by atoms with Gasteiger partial charge in [0.15, 0.2) is 0 Å². The van der Waals surface area contributed by atoms with Gasteiger partial charge in [-0.2, -0.15) is 0 Å². The number of carbonyl (C=O) groups is 1. The van der Waals surface area contributed by atoms with Gasteiger partial charge in [0.1, 0.15) is 11.6 Å². The third kappa shape index (κ3) is 2.86. The summed E-state index contributed by atoms with van der Waals surface area (Å²) in [6.45, 7) is 0. The van der Waals surface area contributed by atoms with Crippen LogP contribution in [-0.4, -0.2) is 15.8 Å². The number of benzene rings is 1. The lowest BCUT2D eigenvalue weighted by Gasteiger charge is -2.06. The first kappa shape index (κ1) is 13.4. The van der Waals surface area contributed by atoms with E-state index in [2.05, 4.69) is 4.98 Å². The van der Waals surface area contributed by atoms with Crippen molar-refractivity contribution in [2.24, 2.45) is 5.73 Å². The van der Waals surface area contributed by atoms with Crippen LogP contribution in [0, 0.1) is 15.9 Å². The normalized spacial score (nSPS) is 10.1. The minimum Gasteiger partial charge on any atom is -0.448 e. The number of ether oxygens (including phenoxy) is 1. The average Bonchev–Trinajstić information content (AvgIpc) is 2.41. The van der Waals surface area contributed by atoms with E-state index in [-0.39, 0.29) is 17.1 Å². The maximum Gasteiger partial charge on any atom is 0.314 e. The van der Waals surface area contributed by atoms with Crippen molar-refractivity contribution in [3.05, 3.63) is 58.2 Å². The van der Waals surface area contributed by atoms with Crippen molar-refractivity contribution in [3.63, 3.8) is 0 Å². The molecule has 2 N–H and O–H groups in total. The highest BCUT2D eigenvalue weighted by Crippen LogP contribution is 2.31. The molecule has 0 saturated carbocycles. The Bertz CT molecular complexity index is 690. The molecule has 1 aromatic heterocycles. The Morgan fingerprint density at radius 3 is 2.75 bits per heavy atom. The molecule has 0 aliphatic carbocycles. The van der Waals surface area contributed by atoms with Crippen molar-refractivity contribution in [3.8, 4) is 11.5 Å². The van der Waals surface area contributed by atoms with E-state index in [0.717, 1.165) is 18.2 Å². The standard InChI is InChI=1S/C12H8FN3O4/c13-8-1-2-11(10(4-8)16(18)19)20-9-3-7(12(14)17)5-15-6-9/h1-6H,(H2,14,17). The summed E-state index contributed by atoms with van der Waals surface area (Å²) in [5, 5.41) is 10.8. The van der Waals surface area contributed by atoms with E-state index in [9.17, 15) is 19.3 Å². The first-order valence-corrected chi connectivity index (χ1v) is 5.34. The van der Waals surface area contributed by atoms with Gasteiger partial charge in [0.05, 0.1) is 22.7 Å². The molecule has 8 heteroatoms. The van der Waals surface area contributed by atoms with Crippen LogP contribution in [0.5, 0.6) is 11.5 Å². The summed E-state index contributed by atoms with van der Waals surface area (Å²) in [5.41, 5.74) is 4.64. The monoisotopic (exact) mass is 277 g/mol. The summed E-state index contributed by atoms with van der Waals surface area (Å²) >= 11 is 0. The van der Waals surface area contributed by atoms with Crippen molar-refractivity contribution >= 4 is 11.6 Å². The van der Waals surface area contributed by atoms with E-state index in [4.69, 9.17) is 10.5 Å². The average molecular weight is 277 g/mol. The fourth-order valence-electron chi connectivity index (χ4n) is 1.46. The lowest BCUT2D eigenvalue weighted by molar-refractivity contribution is -0.385. The zero-order chi connectivity index (χ0) is 14.7. The number of aromatic nitrogens is 1. The third-order valence-corrected chi connectivity index (χ3v) is 2.34. The molecule has 102 valence electrons. The molecule has 0 spiro atoms. The zero-order valence-electron chi connectivity index (χ0n) is 9.95. The van der Waals surface area contributed by atoms with Crippen LogP contribution in [0.1, 0.15) is 10.4 Å². The van der Waals surface area contributed by atoms with Gasteiger partial charge < -0.3 is 10.5 Å². The smallest absolute Gasteiger partial charge is 0.314 e. The summed E-state index contributed by atoms with van der Waals surface area (Å²) in [4.78, 5) is 24.8. The van der Waals surface area contributed by atoms with Crippen LogP contribution in [0.2, 0.25) is 0 Å². The Kier molecular flexibility index (Phi) is 3.56. The highest BCUT2D eigenvalue weighted by molar-refractivity contribution is 5.92. The van der Waals surface area contributed by atoms with Crippen LogP contribution in [0.3, 0.4) is 0 Å². The third-order valence-electron chi connectivity index (χ3n) is 2.34. The number of nitrogens with two attached hydrogens (primary N) is 1. The second-order valence-corrected chi connectivity index (χ2v) is 3.74. The van der Waals surface area contributed by atoms with E-state index in [1.54, 1.807) is 0 Å². The molecular weight excluding hydrogens is 269 g/mol. The van der Waals surface area contributed by atoms with Crippen LogP contribution >= 0.6 is 0 Å². The molecule has 0 unspecified atom stereocenters. The minimum atomic E-state index is -0.774. The summed E-state index contributed by atoms with van der Waals surface area (Å²) in [7, 11) is 0. The Labute approximate surface area is 112 Å². The molecule has 0 aliphatic heterocycles. The fraction of sp³-hybridized carbons (Fsp3) is 0. The molecule has 1 amide bonds. The molecule has 7 nitrogen and oxygen atoms in total. The van der Waals surface area contributed by atoms with E-state index < -0.39 is 22.3 Å². The van der Waals surface area contributed by atoms with Crippen LogP contribution in [0.25, 0.3) is 0 Å². The number of rotatable bonds is 4. The molecule has 0 atom stereocenters. The number of carbonyl (C=O) groups excluding carboxylic acids is 1. The summed E-state index contributed by atoms with van der Waals surface area (Å²) in [6, 6.07) is 4.15. The summed E-state index contributed by atoms with van der Waals surface area (Å²) in [6.07, 6.45) is 2.48. The number of nitrogens with zero attached hydrogens (tertiary/aromatic N) is 2. The summed E-state index contributed by atoms with van der Waals surface area (Å²) < 4.78 is 18.2. The zero-order valence-corrected chi connectivity index (χ0v) is 9.95. The van der Waals surface area contributed by atoms with Gasteiger partial charge in [-0.25, -0.2) is 4.39 Å². The van der Waals surface area contributed by atoms with Gasteiger partial charge in [0.25, 0.3) is 0 Å². The predicted octanol–water partition coefficient (Wildman–Crippen LogP) is 2.02. The van der Waals surface area contributed by atoms with Crippen molar-refractivity contribution in [2.45, 2.75) is 0 Å². The summed E-state index contributed by atoms with van der Waals surface area (Å²) in [5.74, 6) is -1.56. The SMILES string of the molecule is NC(=O)c1cncc(Oc2ccc(F)cc2[N+](=O)[O-])c1. The van der Waals surface area contributed by atoms with Crippen molar-refractivity contribution < 1.29 is 18.8 Å². The van der Waals surface area contributed by atoms with Crippen LogP contribution in [-0.2, 0) is 0 Å². The van der Waals surface area contributed by atoms with Crippen LogP contribution in [0.4, 0.5) is 10.1 Å². The van der Waals surface area contributed by atoms with E-state index in [1.165, 1.54) is 18.5 Å². The van der Waals surface area contributed by atoms with Gasteiger partial charge in [-0.3, -0.25) is 19.9 Å². The lowest BCUT2D eigenvalue weighted by atomic mass is 10.2. The maximum absolute atomic E-state index is 13.0. The first-order valence-electron chi connectivity index (χ1n) is 5.34. The molecule has 0 aliphatic rings. The molecule has 20 heavy (non-hydrogen) atoms. The second kappa shape index (κ2) is 5.31. The molecule has 0 fully saturated rings. The molecule has 1 aromatic carbocycles. The van der Waals surface area contributed by atoms with Crippen LogP contribution in [0.15, 0.2) is 36.7 Å². The van der Waals surface area contributed by atoms with E-state index >= 15 is 0 Å².